The summed E-state index contributed by atoms with van der Waals surface area (Å²) < 4.78 is 40.1. The molecule has 22 heavy (non-hydrogen) atoms. The molecule has 114 valence electrons. The molecular weight excluding hydrogens is 317 g/mol. The van der Waals surface area contributed by atoms with Gasteiger partial charge in [0.2, 0.25) is 0 Å². The minimum Gasteiger partial charge on any atom is -0.476 e. The lowest BCUT2D eigenvalue weighted by molar-refractivity contribution is -0.134. The second kappa shape index (κ2) is 4.84. The molecule has 0 saturated carbocycles. The first-order valence-corrected chi connectivity index (χ1v) is 6.96. The van der Waals surface area contributed by atoms with Crippen molar-refractivity contribution in [2.75, 3.05) is 0 Å². The molecule has 0 unspecified atom stereocenters. The lowest BCUT2D eigenvalue weighted by Gasteiger charge is -2.01. The number of hydrogen-bond acceptors (Lipinski definition) is 3. The summed E-state index contributed by atoms with van der Waals surface area (Å²) in [6.07, 6.45) is -4.37. The topological polar surface area (TPSA) is 55.1 Å². The Hall–Kier alpha value is -2.35. The van der Waals surface area contributed by atoms with Crippen LogP contribution < -0.4 is 0 Å². The van der Waals surface area contributed by atoms with Crippen molar-refractivity contribution in [3.05, 3.63) is 40.9 Å². The molecule has 0 radical (unpaired) electrons. The monoisotopic (exact) mass is 326 g/mol. The Morgan fingerprint density at radius 3 is 2.59 bits per heavy atom. The molecule has 0 atom stereocenters. The number of carboxylic acid groups (broad SMARTS) is 1. The normalized spacial score (nSPS) is 12.0. The van der Waals surface area contributed by atoms with Crippen LogP contribution in [0.5, 0.6) is 0 Å². The predicted octanol–water partition coefficient (Wildman–Crippen LogP) is 4.02. The van der Waals surface area contributed by atoms with Crippen molar-refractivity contribution >= 4 is 27.4 Å². The molecule has 0 aliphatic rings. The van der Waals surface area contributed by atoms with Crippen LogP contribution in [-0.2, 0) is 13.2 Å². The quantitative estimate of drug-likeness (QED) is 0.774. The SMILES string of the molecule is Cn1nc(C(=O)O)cc1-c1ccc2sc(C(F)(F)F)cc2c1. The number of aryl methyl sites for hydroxylation is 1. The van der Waals surface area contributed by atoms with Crippen LogP contribution in [0.15, 0.2) is 30.3 Å². The van der Waals surface area contributed by atoms with E-state index in [1.807, 2.05) is 0 Å². The zero-order valence-electron chi connectivity index (χ0n) is 11.2. The third-order valence-corrected chi connectivity index (χ3v) is 4.35. The summed E-state index contributed by atoms with van der Waals surface area (Å²) >= 11 is 0.681. The second-order valence-electron chi connectivity index (χ2n) is 4.70. The average Bonchev–Trinajstić information content (AvgIpc) is 3.00. The van der Waals surface area contributed by atoms with Gasteiger partial charge in [0.05, 0.1) is 5.69 Å². The number of hydrogen-bond donors (Lipinski definition) is 1. The predicted molar refractivity (Wildman–Crippen MR) is 76.0 cm³/mol. The van der Waals surface area contributed by atoms with Gasteiger partial charge in [-0.25, -0.2) is 4.79 Å². The lowest BCUT2D eigenvalue weighted by Crippen LogP contribution is -2.00. The van der Waals surface area contributed by atoms with Crippen LogP contribution in [-0.4, -0.2) is 20.9 Å². The number of halogens is 3. The zero-order valence-corrected chi connectivity index (χ0v) is 12.0. The number of carboxylic acids is 1. The number of carbonyl (C=O) groups is 1. The fourth-order valence-electron chi connectivity index (χ4n) is 2.18. The summed E-state index contributed by atoms with van der Waals surface area (Å²) in [6.45, 7) is 0. The number of alkyl halides is 3. The third kappa shape index (κ3) is 2.45. The Morgan fingerprint density at radius 2 is 2.00 bits per heavy atom. The van der Waals surface area contributed by atoms with E-state index in [1.165, 1.54) is 10.7 Å². The van der Waals surface area contributed by atoms with Gasteiger partial charge in [-0.05, 0) is 29.7 Å². The maximum Gasteiger partial charge on any atom is 0.425 e. The van der Waals surface area contributed by atoms with E-state index in [2.05, 4.69) is 5.10 Å². The van der Waals surface area contributed by atoms with Gasteiger partial charge in [-0.1, -0.05) is 6.07 Å². The molecule has 3 rings (SSSR count). The van der Waals surface area contributed by atoms with Gasteiger partial charge in [0.15, 0.2) is 5.69 Å². The Kier molecular flexibility index (Phi) is 3.21. The van der Waals surface area contributed by atoms with E-state index in [-0.39, 0.29) is 5.69 Å². The lowest BCUT2D eigenvalue weighted by atomic mass is 10.1. The largest absolute Gasteiger partial charge is 0.476 e. The fourth-order valence-corrected chi connectivity index (χ4v) is 3.09. The van der Waals surface area contributed by atoms with Crippen LogP contribution in [0.2, 0.25) is 0 Å². The summed E-state index contributed by atoms with van der Waals surface area (Å²) in [5, 5.41) is 13.3. The van der Waals surface area contributed by atoms with Crippen LogP contribution >= 0.6 is 11.3 Å². The van der Waals surface area contributed by atoms with E-state index in [0.717, 1.165) is 6.07 Å². The van der Waals surface area contributed by atoms with Gasteiger partial charge in [0.1, 0.15) is 4.88 Å². The maximum atomic E-state index is 12.7. The summed E-state index contributed by atoms with van der Waals surface area (Å²) in [5.74, 6) is -1.15. The summed E-state index contributed by atoms with van der Waals surface area (Å²) in [5.41, 5.74) is 1.03. The van der Waals surface area contributed by atoms with Gasteiger partial charge in [-0.3, -0.25) is 4.68 Å². The van der Waals surface area contributed by atoms with Crippen LogP contribution in [0.25, 0.3) is 21.3 Å². The Morgan fingerprint density at radius 1 is 1.27 bits per heavy atom. The minimum atomic E-state index is -4.37. The summed E-state index contributed by atoms with van der Waals surface area (Å²) in [7, 11) is 1.58. The van der Waals surface area contributed by atoms with Gasteiger partial charge in [-0.15, -0.1) is 11.3 Å². The molecule has 2 aromatic heterocycles. The summed E-state index contributed by atoms with van der Waals surface area (Å²) in [6, 6.07) is 7.34. The van der Waals surface area contributed by atoms with Crippen molar-refractivity contribution in [1.29, 1.82) is 0 Å². The van der Waals surface area contributed by atoms with Crippen molar-refractivity contribution < 1.29 is 23.1 Å². The smallest absolute Gasteiger partial charge is 0.425 e. The molecule has 0 saturated heterocycles. The van der Waals surface area contributed by atoms with Crippen LogP contribution in [0.4, 0.5) is 13.2 Å². The second-order valence-corrected chi connectivity index (χ2v) is 5.79. The van der Waals surface area contributed by atoms with Crippen LogP contribution in [0, 0.1) is 0 Å². The zero-order chi connectivity index (χ0) is 16.1. The highest BCUT2D eigenvalue weighted by Crippen LogP contribution is 2.39. The first-order chi connectivity index (χ1) is 10.3. The highest BCUT2D eigenvalue weighted by molar-refractivity contribution is 7.19. The molecule has 0 fully saturated rings. The van der Waals surface area contributed by atoms with Gasteiger partial charge < -0.3 is 5.11 Å². The maximum absolute atomic E-state index is 12.7. The van der Waals surface area contributed by atoms with E-state index in [0.29, 0.717) is 32.7 Å². The van der Waals surface area contributed by atoms with E-state index in [9.17, 15) is 18.0 Å². The Bertz CT molecular complexity index is 880. The van der Waals surface area contributed by atoms with Crippen molar-refractivity contribution in [1.82, 2.24) is 9.78 Å². The number of aromatic carboxylic acids is 1. The number of benzene rings is 1. The van der Waals surface area contributed by atoms with Crippen LogP contribution in [0.3, 0.4) is 0 Å². The van der Waals surface area contributed by atoms with Gasteiger partial charge >= 0.3 is 12.1 Å². The number of nitrogens with zero attached hydrogens (tertiary/aromatic N) is 2. The molecule has 1 aromatic carbocycles. The van der Waals surface area contributed by atoms with Gasteiger partial charge in [0, 0.05) is 17.3 Å². The number of thiophene rings is 1. The first kappa shape index (κ1) is 14.6. The highest BCUT2D eigenvalue weighted by atomic mass is 32.1. The molecule has 1 N–H and O–H groups in total. The van der Waals surface area contributed by atoms with Gasteiger partial charge in [-0.2, -0.15) is 18.3 Å². The first-order valence-electron chi connectivity index (χ1n) is 6.14. The molecular formula is C14H9F3N2O2S. The van der Waals surface area contributed by atoms with Crippen molar-refractivity contribution in [3.8, 4) is 11.3 Å². The van der Waals surface area contributed by atoms with E-state index in [1.54, 1.807) is 25.2 Å². The molecule has 2 heterocycles. The molecule has 0 spiro atoms. The van der Waals surface area contributed by atoms with Gasteiger partial charge in [0.25, 0.3) is 0 Å². The molecule has 0 bridgehead atoms. The highest BCUT2D eigenvalue weighted by Gasteiger charge is 2.32. The average molecular weight is 326 g/mol. The Balaban J connectivity index is 2.10. The van der Waals surface area contributed by atoms with E-state index < -0.39 is 17.0 Å². The van der Waals surface area contributed by atoms with Crippen molar-refractivity contribution in [3.63, 3.8) is 0 Å². The minimum absolute atomic E-state index is 0.112. The molecule has 8 heteroatoms. The van der Waals surface area contributed by atoms with Crippen molar-refractivity contribution in [2.45, 2.75) is 6.18 Å². The molecule has 0 aliphatic carbocycles. The number of fused-ring (bicyclic) bond motifs is 1. The molecule has 4 nitrogen and oxygen atoms in total. The molecule has 3 aromatic rings. The standard InChI is InChI=1S/C14H9F3N2O2S/c1-19-10(6-9(18-19)13(20)21)7-2-3-11-8(4-7)5-12(22-11)14(15,16)17/h2-6H,1H3,(H,20,21). The van der Waals surface area contributed by atoms with Crippen LogP contribution in [0.1, 0.15) is 15.4 Å². The fraction of sp³-hybridized carbons (Fsp3) is 0.143. The van der Waals surface area contributed by atoms with E-state index in [4.69, 9.17) is 5.11 Å². The Labute approximate surface area is 126 Å². The summed E-state index contributed by atoms with van der Waals surface area (Å²) in [4.78, 5) is 10.3. The number of rotatable bonds is 2. The third-order valence-electron chi connectivity index (χ3n) is 3.19. The van der Waals surface area contributed by atoms with E-state index >= 15 is 0 Å². The van der Waals surface area contributed by atoms with Crippen molar-refractivity contribution in [2.24, 2.45) is 7.05 Å². The number of aromatic nitrogens is 2. The molecule has 0 amide bonds. The molecule has 0 aliphatic heterocycles.